The van der Waals surface area contributed by atoms with E-state index in [1.807, 2.05) is 11.8 Å². The molecule has 0 unspecified atom stereocenters. The highest BCUT2D eigenvalue weighted by Gasteiger charge is 1.95. The van der Waals surface area contributed by atoms with Gasteiger partial charge in [0.2, 0.25) is 0 Å². The lowest BCUT2D eigenvalue weighted by atomic mass is 10.5. The molecule has 0 spiro atoms. The molecule has 64 valence electrons. The Morgan fingerprint density at radius 1 is 1.42 bits per heavy atom. The molecule has 4 heteroatoms. The van der Waals surface area contributed by atoms with Crippen LogP contribution in [0, 0.1) is 11.8 Å². The summed E-state index contributed by atoms with van der Waals surface area (Å²) in [6.07, 6.45) is 1.40. The monoisotopic (exact) mass is 168 g/mol. The van der Waals surface area contributed by atoms with Gasteiger partial charge < -0.3 is 9.47 Å². The molecule has 0 bridgehead atoms. The molecular formula is C8H8O4. The number of carbonyl (C=O) groups excluding carboxylic acids is 2. The van der Waals surface area contributed by atoms with Crippen LogP contribution in [0.5, 0.6) is 0 Å². The lowest BCUT2D eigenvalue weighted by molar-refractivity contribution is -0.136. The van der Waals surface area contributed by atoms with Crippen molar-refractivity contribution >= 4 is 11.9 Å². The Kier molecular flexibility index (Phi) is 5.11. The third-order valence-electron chi connectivity index (χ3n) is 0.784. The van der Waals surface area contributed by atoms with E-state index in [1.54, 1.807) is 0 Å². The number of hydrogen-bond acceptors (Lipinski definition) is 4. The first-order valence-corrected chi connectivity index (χ1v) is 3.08. The van der Waals surface area contributed by atoms with Crippen LogP contribution < -0.4 is 0 Å². The Hall–Kier alpha value is -1.76. The topological polar surface area (TPSA) is 52.6 Å². The van der Waals surface area contributed by atoms with E-state index in [9.17, 15) is 9.59 Å². The Labute approximate surface area is 70.2 Å². The van der Waals surface area contributed by atoms with Gasteiger partial charge in [0.05, 0.1) is 7.11 Å². The summed E-state index contributed by atoms with van der Waals surface area (Å²) in [4.78, 5) is 20.9. The molecule has 4 nitrogen and oxygen atoms in total. The van der Waals surface area contributed by atoms with Gasteiger partial charge in [0.15, 0.2) is 0 Å². The summed E-state index contributed by atoms with van der Waals surface area (Å²) in [5.41, 5.74) is 0. The van der Waals surface area contributed by atoms with E-state index in [2.05, 4.69) is 16.1 Å². The number of methoxy groups -OCH3 is 1. The fraction of sp³-hybridized carbons (Fsp3) is 0.250. The molecule has 0 aromatic carbocycles. The summed E-state index contributed by atoms with van der Waals surface area (Å²) in [5.74, 6) is 2.31. The minimum atomic E-state index is -0.777. The molecule has 0 aliphatic heterocycles. The summed E-state index contributed by atoms with van der Waals surface area (Å²) in [7, 11) is 1.17. The van der Waals surface area contributed by atoms with Gasteiger partial charge >= 0.3 is 11.9 Å². The minimum absolute atomic E-state index is 0.0781. The van der Waals surface area contributed by atoms with Gasteiger partial charge in [0.1, 0.15) is 6.61 Å². The van der Waals surface area contributed by atoms with Gasteiger partial charge in [-0.2, -0.15) is 0 Å². The lowest BCUT2D eigenvalue weighted by Crippen LogP contribution is -2.02. The largest absolute Gasteiger partial charge is 0.459 e. The molecule has 0 N–H and O–H groups in total. The fourth-order valence-corrected chi connectivity index (χ4v) is 0.324. The van der Waals surface area contributed by atoms with Crippen molar-refractivity contribution in [1.29, 1.82) is 0 Å². The van der Waals surface area contributed by atoms with Gasteiger partial charge in [0.25, 0.3) is 0 Å². The molecule has 12 heavy (non-hydrogen) atoms. The first kappa shape index (κ1) is 10.2. The minimum Gasteiger partial charge on any atom is -0.459 e. The van der Waals surface area contributed by atoms with Crippen molar-refractivity contribution in [2.45, 2.75) is 0 Å². The van der Waals surface area contributed by atoms with Crippen LogP contribution in [0.1, 0.15) is 0 Å². The van der Waals surface area contributed by atoms with Crippen LogP contribution in [0.25, 0.3) is 0 Å². The van der Waals surface area contributed by atoms with Crippen LogP contribution in [-0.4, -0.2) is 25.7 Å². The third kappa shape index (κ3) is 5.06. The average Bonchev–Trinajstić information content (AvgIpc) is 2.10. The molecule has 0 saturated heterocycles. The van der Waals surface area contributed by atoms with Crippen molar-refractivity contribution in [1.82, 2.24) is 0 Å². The summed E-state index contributed by atoms with van der Waals surface area (Å²) in [6.45, 7) is 3.41. The zero-order valence-corrected chi connectivity index (χ0v) is 6.62. The van der Waals surface area contributed by atoms with Crippen LogP contribution in [0.4, 0.5) is 0 Å². The lowest BCUT2D eigenvalue weighted by Gasteiger charge is -1.91. The van der Waals surface area contributed by atoms with Crippen LogP contribution in [0.15, 0.2) is 12.7 Å². The Morgan fingerprint density at radius 3 is 2.50 bits per heavy atom. The van der Waals surface area contributed by atoms with Crippen LogP contribution in [0.2, 0.25) is 0 Å². The Balaban J connectivity index is 3.86. The second-order valence-corrected chi connectivity index (χ2v) is 1.63. The predicted molar refractivity (Wildman–Crippen MR) is 40.9 cm³/mol. The predicted octanol–water partition coefficient (Wildman–Crippen LogP) is -0.108. The molecule has 0 aromatic heterocycles. The maximum absolute atomic E-state index is 10.6. The van der Waals surface area contributed by atoms with Crippen molar-refractivity contribution in [2.75, 3.05) is 13.7 Å². The van der Waals surface area contributed by atoms with E-state index < -0.39 is 11.9 Å². The highest BCUT2D eigenvalue weighted by Crippen LogP contribution is 1.76. The van der Waals surface area contributed by atoms with E-state index in [0.29, 0.717) is 0 Å². The van der Waals surface area contributed by atoms with E-state index in [0.717, 1.165) is 0 Å². The average molecular weight is 168 g/mol. The molecule has 0 heterocycles. The number of ether oxygens (including phenoxy) is 2. The standard InChI is InChI=1S/C8H8O4/c1-3-6-12-8(10)5-4-7(9)11-2/h3H,1,6H2,2H3. The van der Waals surface area contributed by atoms with Crippen molar-refractivity contribution < 1.29 is 19.1 Å². The molecule has 0 aliphatic carbocycles. The first-order chi connectivity index (χ1) is 5.70. The van der Waals surface area contributed by atoms with Crippen LogP contribution in [-0.2, 0) is 19.1 Å². The third-order valence-corrected chi connectivity index (χ3v) is 0.784. The molecule has 0 aromatic rings. The quantitative estimate of drug-likeness (QED) is 0.250. The van der Waals surface area contributed by atoms with Crippen molar-refractivity contribution in [3.63, 3.8) is 0 Å². The molecule has 0 amide bonds. The molecule has 0 rings (SSSR count). The molecule has 0 radical (unpaired) electrons. The van der Waals surface area contributed by atoms with Gasteiger partial charge in [-0.15, -0.1) is 0 Å². The molecule has 0 fully saturated rings. The van der Waals surface area contributed by atoms with Gasteiger partial charge in [-0.3, -0.25) is 0 Å². The molecule has 0 saturated carbocycles. The van der Waals surface area contributed by atoms with Crippen molar-refractivity contribution in [2.24, 2.45) is 0 Å². The zero-order chi connectivity index (χ0) is 9.40. The summed E-state index contributed by atoms with van der Waals surface area (Å²) in [6, 6.07) is 0. The fourth-order valence-electron chi connectivity index (χ4n) is 0.324. The van der Waals surface area contributed by atoms with Gasteiger partial charge in [-0.1, -0.05) is 12.7 Å². The second kappa shape index (κ2) is 5.98. The normalized spacial score (nSPS) is 7.42. The summed E-state index contributed by atoms with van der Waals surface area (Å²) >= 11 is 0. The smallest absolute Gasteiger partial charge is 0.385 e. The first-order valence-electron chi connectivity index (χ1n) is 3.08. The van der Waals surface area contributed by atoms with E-state index in [1.165, 1.54) is 13.2 Å². The molecule has 0 atom stereocenters. The highest BCUT2D eigenvalue weighted by atomic mass is 16.5. The van der Waals surface area contributed by atoms with Crippen LogP contribution in [0.3, 0.4) is 0 Å². The van der Waals surface area contributed by atoms with E-state index in [4.69, 9.17) is 0 Å². The summed E-state index contributed by atoms with van der Waals surface area (Å²) < 4.78 is 8.61. The zero-order valence-electron chi connectivity index (χ0n) is 6.62. The maximum atomic E-state index is 10.6. The maximum Gasteiger partial charge on any atom is 0.385 e. The van der Waals surface area contributed by atoms with Crippen LogP contribution >= 0.6 is 0 Å². The van der Waals surface area contributed by atoms with Gasteiger partial charge in [-0.05, 0) is 0 Å². The molecular weight excluding hydrogens is 160 g/mol. The summed E-state index contributed by atoms with van der Waals surface area (Å²) in [5, 5.41) is 0. The number of esters is 2. The number of carbonyl (C=O) groups is 2. The Morgan fingerprint density at radius 2 is 2.00 bits per heavy atom. The number of rotatable bonds is 2. The SMILES string of the molecule is C=CCOC(=O)C#CC(=O)OC. The van der Waals surface area contributed by atoms with Gasteiger partial charge in [-0.25, -0.2) is 9.59 Å². The highest BCUT2D eigenvalue weighted by molar-refractivity contribution is 5.98. The Bertz CT molecular complexity index is 244. The van der Waals surface area contributed by atoms with Gasteiger partial charge in [0, 0.05) is 11.8 Å². The molecule has 0 aliphatic rings. The van der Waals surface area contributed by atoms with Crippen molar-refractivity contribution in [3.8, 4) is 11.8 Å². The number of hydrogen-bond donors (Lipinski definition) is 0. The van der Waals surface area contributed by atoms with E-state index in [-0.39, 0.29) is 6.61 Å². The second-order valence-electron chi connectivity index (χ2n) is 1.63. The van der Waals surface area contributed by atoms with Crippen molar-refractivity contribution in [3.05, 3.63) is 12.7 Å². The van der Waals surface area contributed by atoms with E-state index >= 15 is 0 Å².